The summed E-state index contributed by atoms with van der Waals surface area (Å²) in [7, 11) is 0. The van der Waals surface area contributed by atoms with E-state index in [1.54, 1.807) is 6.26 Å². The van der Waals surface area contributed by atoms with E-state index in [1.165, 1.54) is 23.4 Å². The van der Waals surface area contributed by atoms with Gasteiger partial charge in [0.25, 0.3) is 0 Å². The van der Waals surface area contributed by atoms with Crippen molar-refractivity contribution in [3.8, 4) is 0 Å². The van der Waals surface area contributed by atoms with Gasteiger partial charge in [-0.3, -0.25) is 0 Å². The summed E-state index contributed by atoms with van der Waals surface area (Å²) in [6, 6.07) is 0. The van der Waals surface area contributed by atoms with Gasteiger partial charge in [-0.1, -0.05) is 11.8 Å². The van der Waals surface area contributed by atoms with Crippen LogP contribution in [0.3, 0.4) is 0 Å². The summed E-state index contributed by atoms with van der Waals surface area (Å²) in [5.74, 6) is 0.0220. The van der Waals surface area contributed by atoms with Gasteiger partial charge in [0.15, 0.2) is 4.87 Å². The van der Waals surface area contributed by atoms with Crippen LogP contribution in [0.2, 0.25) is 0 Å². The van der Waals surface area contributed by atoms with Gasteiger partial charge in [-0.05, 0) is 11.7 Å². The van der Waals surface area contributed by atoms with Crippen molar-refractivity contribution < 1.29 is 13.2 Å². The summed E-state index contributed by atoms with van der Waals surface area (Å²) in [6.45, 7) is 0. The minimum absolute atomic E-state index is 0.0220. The minimum Gasteiger partial charge on any atom is -0.368 e. The molecule has 0 aliphatic carbocycles. The molecule has 0 radical (unpaired) electrons. The molecule has 0 saturated heterocycles. The third kappa shape index (κ3) is 1.69. The van der Waals surface area contributed by atoms with Crippen LogP contribution in [0.15, 0.2) is 11.6 Å². The van der Waals surface area contributed by atoms with E-state index >= 15 is 0 Å². The van der Waals surface area contributed by atoms with Crippen LogP contribution < -0.4 is 5.32 Å². The van der Waals surface area contributed by atoms with Gasteiger partial charge in [-0.15, -0.1) is 0 Å². The van der Waals surface area contributed by atoms with Crippen molar-refractivity contribution in [2.24, 2.45) is 0 Å². The largest absolute Gasteiger partial charge is 0.422 e. The topological polar surface area (TPSA) is 12.0 Å². The summed E-state index contributed by atoms with van der Waals surface area (Å²) in [5.41, 5.74) is 0. The number of hydrogen-bond donors (Lipinski definition) is 1. The molecule has 0 fully saturated rings. The lowest BCUT2D eigenvalue weighted by molar-refractivity contribution is -0.157. The SMILES string of the molecule is CSCC1(C(F)(F)F)NC=CS1. The Labute approximate surface area is 77.2 Å². The third-order valence-corrected chi connectivity index (χ3v) is 3.53. The Hall–Kier alpha value is 0.0300. The number of thioether (sulfide) groups is 2. The predicted molar refractivity (Wildman–Crippen MR) is 47.0 cm³/mol. The average molecular weight is 215 g/mol. The van der Waals surface area contributed by atoms with Crippen LogP contribution in [0.1, 0.15) is 0 Å². The molecule has 6 heteroatoms. The first-order chi connectivity index (χ1) is 5.52. The van der Waals surface area contributed by atoms with Crippen LogP contribution >= 0.6 is 23.5 Å². The number of halogens is 3. The minimum atomic E-state index is -4.20. The highest BCUT2D eigenvalue weighted by Crippen LogP contribution is 2.44. The lowest BCUT2D eigenvalue weighted by Crippen LogP contribution is -2.52. The van der Waals surface area contributed by atoms with Gasteiger partial charge in [-0.25, -0.2) is 0 Å². The zero-order chi connectivity index (χ0) is 9.24. The molecule has 0 aromatic rings. The summed E-state index contributed by atoms with van der Waals surface area (Å²) < 4.78 is 37.4. The smallest absolute Gasteiger partial charge is 0.368 e. The van der Waals surface area contributed by atoms with Crippen LogP contribution in [-0.2, 0) is 0 Å². The molecule has 0 spiro atoms. The molecule has 1 rings (SSSR count). The van der Waals surface area contributed by atoms with Gasteiger partial charge in [0, 0.05) is 12.0 Å². The summed E-state index contributed by atoms with van der Waals surface area (Å²) in [5, 5.41) is 3.78. The van der Waals surface area contributed by atoms with E-state index in [0.29, 0.717) is 0 Å². The fourth-order valence-electron chi connectivity index (χ4n) is 0.862. The summed E-state index contributed by atoms with van der Waals surface area (Å²) in [4.78, 5) is -1.80. The van der Waals surface area contributed by atoms with Gasteiger partial charge in [0.2, 0.25) is 0 Å². The second kappa shape index (κ2) is 3.41. The van der Waals surface area contributed by atoms with Crippen molar-refractivity contribution in [2.75, 3.05) is 12.0 Å². The van der Waals surface area contributed by atoms with Crippen molar-refractivity contribution in [2.45, 2.75) is 11.0 Å². The Morgan fingerprint density at radius 2 is 2.25 bits per heavy atom. The highest BCUT2D eigenvalue weighted by molar-refractivity contribution is 8.05. The molecule has 12 heavy (non-hydrogen) atoms. The molecular weight excluding hydrogens is 207 g/mol. The van der Waals surface area contributed by atoms with Crippen molar-refractivity contribution in [1.29, 1.82) is 0 Å². The Bertz CT molecular complexity index is 182. The molecular formula is C6H8F3NS2. The first kappa shape index (κ1) is 10.1. The predicted octanol–water partition coefficient (Wildman–Crippen LogP) is 2.42. The molecule has 0 bridgehead atoms. The second-order valence-electron chi connectivity index (χ2n) is 2.32. The molecule has 0 amide bonds. The fourth-order valence-corrected chi connectivity index (χ4v) is 2.78. The van der Waals surface area contributed by atoms with Crippen molar-refractivity contribution in [3.05, 3.63) is 11.6 Å². The van der Waals surface area contributed by atoms with E-state index in [9.17, 15) is 13.2 Å². The van der Waals surface area contributed by atoms with Gasteiger partial charge in [-0.2, -0.15) is 24.9 Å². The molecule has 0 aromatic heterocycles. The van der Waals surface area contributed by atoms with Crippen molar-refractivity contribution in [3.63, 3.8) is 0 Å². The molecule has 1 nitrogen and oxygen atoms in total. The Morgan fingerprint density at radius 1 is 1.58 bits per heavy atom. The number of rotatable bonds is 2. The molecule has 1 aliphatic heterocycles. The van der Waals surface area contributed by atoms with Crippen LogP contribution in [0.25, 0.3) is 0 Å². The normalized spacial score (nSPS) is 29.0. The summed E-state index contributed by atoms with van der Waals surface area (Å²) in [6.07, 6.45) is -1.20. The van der Waals surface area contributed by atoms with Gasteiger partial charge < -0.3 is 5.32 Å². The van der Waals surface area contributed by atoms with Gasteiger partial charge >= 0.3 is 6.18 Å². The molecule has 0 saturated carbocycles. The average Bonchev–Trinajstić information content (AvgIpc) is 2.36. The zero-order valence-electron chi connectivity index (χ0n) is 6.31. The number of hydrogen-bond acceptors (Lipinski definition) is 3. The lowest BCUT2D eigenvalue weighted by Gasteiger charge is -2.30. The highest BCUT2D eigenvalue weighted by Gasteiger charge is 2.55. The van der Waals surface area contributed by atoms with Crippen LogP contribution in [0, 0.1) is 0 Å². The quantitative estimate of drug-likeness (QED) is 0.759. The Morgan fingerprint density at radius 3 is 2.58 bits per heavy atom. The third-order valence-electron chi connectivity index (χ3n) is 1.46. The van der Waals surface area contributed by atoms with E-state index in [-0.39, 0.29) is 5.75 Å². The first-order valence-electron chi connectivity index (χ1n) is 3.18. The highest BCUT2D eigenvalue weighted by atomic mass is 32.2. The maximum absolute atomic E-state index is 12.5. The van der Waals surface area contributed by atoms with E-state index in [1.807, 2.05) is 0 Å². The Kier molecular flexibility index (Phi) is 2.88. The number of nitrogens with one attached hydrogen (secondary N) is 1. The number of alkyl halides is 3. The standard InChI is InChI=1S/C6H8F3NS2/c1-11-4-5(6(7,8)9)10-2-3-12-5/h2-3,10H,4H2,1H3. The molecule has 1 atom stereocenters. The van der Waals surface area contributed by atoms with Crippen LogP contribution in [0.4, 0.5) is 13.2 Å². The Balaban J connectivity index is 2.74. The fraction of sp³-hybridized carbons (Fsp3) is 0.667. The monoisotopic (exact) mass is 215 g/mol. The molecule has 1 heterocycles. The lowest BCUT2D eigenvalue weighted by atomic mass is 10.3. The van der Waals surface area contributed by atoms with Gasteiger partial charge in [0.1, 0.15) is 0 Å². The van der Waals surface area contributed by atoms with Crippen LogP contribution in [-0.4, -0.2) is 23.1 Å². The van der Waals surface area contributed by atoms with Gasteiger partial charge in [0.05, 0.1) is 0 Å². The van der Waals surface area contributed by atoms with E-state index in [0.717, 1.165) is 11.8 Å². The van der Waals surface area contributed by atoms with Crippen molar-refractivity contribution in [1.82, 2.24) is 5.32 Å². The molecule has 1 aliphatic rings. The molecule has 1 unspecified atom stereocenters. The molecule has 70 valence electrons. The summed E-state index contributed by atoms with van der Waals surface area (Å²) >= 11 is 1.97. The first-order valence-corrected chi connectivity index (χ1v) is 5.45. The molecule has 1 N–H and O–H groups in total. The maximum Gasteiger partial charge on any atom is 0.422 e. The maximum atomic E-state index is 12.5. The zero-order valence-corrected chi connectivity index (χ0v) is 7.95. The van der Waals surface area contributed by atoms with Crippen molar-refractivity contribution >= 4 is 23.5 Å². The van der Waals surface area contributed by atoms with E-state index in [4.69, 9.17) is 0 Å². The molecule has 0 aromatic carbocycles. The second-order valence-corrected chi connectivity index (χ2v) is 4.39. The van der Waals surface area contributed by atoms with Crippen LogP contribution in [0.5, 0.6) is 0 Å². The van der Waals surface area contributed by atoms with E-state index in [2.05, 4.69) is 5.32 Å². The van der Waals surface area contributed by atoms with E-state index < -0.39 is 11.0 Å².